The Morgan fingerprint density at radius 1 is 1.07 bits per heavy atom. The van der Waals surface area contributed by atoms with Crippen molar-refractivity contribution in [2.24, 2.45) is 5.10 Å². The lowest BCUT2D eigenvalue weighted by atomic mass is 10.1. The molecule has 2 aromatic carbocycles. The number of hydrogen-bond acceptors (Lipinski definition) is 5. The van der Waals surface area contributed by atoms with Crippen molar-refractivity contribution in [3.05, 3.63) is 63.6 Å². The quantitative estimate of drug-likeness (QED) is 0.553. The van der Waals surface area contributed by atoms with Crippen molar-refractivity contribution in [3.8, 4) is 0 Å². The van der Waals surface area contributed by atoms with E-state index in [-0.39, 0.29) is 23.5 Å². The SMILES string of the molecule is CC(=NNC(=O)c1cccc(S(=O)(=O)N2CCOCC2)c1)c1ccc(Cl)c(Cl)c1. The van der Waals surface area contributed by atoms with Crippen LogP contribution in [0.4, 0.5) is 0 Å². The lowest BCUT2D eigenvalue weighted by Gasteiger charge is -2.26. The van der Waals surface area contributed by atoms with Crippen LogP contribution in [0.25, 0.3) is 0 Å². The summed E-state index contributed by atoms with van der Waals surface area (Å²) in [4.78, 5) is 12.5. The fourth-order valence-corrected chi connectivity index (χ4v) is 4.47. The Balaban J connectivity index is 1.76. The highest BCUT2D eigenvalue weighted by molar-refractivity contribution is 7.89. The van der Waals surface area contributed by atoms with Gasteiger partial charge in [0.15, 0.2) is 0 Å². The van der Waals surface area contributed by atoms with Crippen LogP contribution in [0.5, 0.6) is 0 Å². The van der Waals surface area contributed by atoms with Gasteiger partial charge in [-0.25, -0.2) is 13.8 Å². The summed E-state index contributed by atoms with van der Waals surface area (Å²) in [6.07, 6.45) is 0. The molecule has 1 saturated heterocycles. The van der Waals surface area contributed by atoms with E-state index >= 15 is 0 Å². The van der Waals surface area contributed by atoms with Crippen molar-refractivity contribution in [1.29, 1.82) is 0 Å². The maximum atomic E-state index is 12.8. The van der Waals surface area contributed by atoms with Gasteiger partial charge in [-0.15, -0.1) is 0 Å². The zero-order valence-electron chi connectivity index (χ0n) is 15.6. The Morgan fingerprint density at radius 3 is 2.48 bits per heavy atom. The smallest absolute Gasteiger partial charge is 0.271 e. The van der Waals surface area contributed by atoms with Crippen LogP contribution >= 0.6 is 23.2 Å². The average Bonchev–Trinajstić information content (AvgIpc) is 2.74. The first-order valence-corrected chi connectivity index (χ1v) is 11.0. The van der Waals surface area contributed by atoms with E-state index in [9.17, 15) is 13.2 Å². The molecule has 154 valence electrons. The zero-order chi connectivity index (χ0) is 21.0. The van der Waals surface area contributed by atoms with Gasteiger partial charge in [-0.2, -0.15) is 9.41 Å². The number of morpholine rings is 1. The van der Waals surface area contributed by atoms with Crippen molar-refractivity contribution in [2.45, 2.75) is 11.8 Å². The number of ether oxygens (including phenoxy) is 1. The summed E-state index contributed by atoms with van der Waals surface area (Å²) < 4.78 is 32.1. The van der Waals surface area contributed by atoms with E-state index in [0.717, 1.165) is 0 Å². The number of rotatable bonds is 5. The molecule has 1 heterocycles. The lowest BCUT2D eigenvalue weighted by Crippen LogP contribution is -2.40. The molecule has 3 rings (SSSR count). The molecule has 0 bridgehead atoms. The fourth-order valence-electron chi connectivity index (χ4n) is 2.72. The molecular formula is C19H19Cl2N3O4S. The van der Waals surface area contributed by atoms with E-state index in [0.29, 0.717) is 34.5 Å². The van der Waals surface area contributed by atoms with Gasteiger partial charge >= 0.3 is 0 Å². The van der Waals surface area contributed by atoms with Gasteiger partial charge in [0, 0.05) is 18.7 Å². The minimum Gasteiger partial charge on any atom is -0.379 e. The van der Waals surface area contributed by atoms with Gasteiger partial charge in [0.25, 0.3) is 5.91 Å². The van der Waals surface area contributed by atoms with Gasteiger partial charge in [0.2, 0.25) is 10.0 Å². The molecule has 1 fully saturated rings. The zero-order valence-corrected chi connectivity index (χ0v) is 17.9. The molecule has 7 nitrogen and oxygen atoms in total. The Bertz CT molecular complexity index is 1050. The van der Waals surface area contributed by atoms with Crippen molar-refractivity contribution < 1.29 is 17.9 Å². The molecule has 0 saturated carbocycles. The number of hydrogen-bond donors (Lipinski definition) is 1. The molecule has 1 aliphatic rings. The van der Waals surface area contributed by atoms with Crippen LogP contribution in [-0.2, 0) is 14.8 Å². The highest BCUT2D eigenvalue weighted by atomic mass is 35.5. The van der Waals surface area contributed by atoms with E-state index in [2.05, 4.69) is 10.5 Å². The second-order valence-corrected chi connectivity index (χ2v) is 9.06. The number of nitrogens with zero attached hydrogens (tertiary/aromatic N) is 2. The van der Waals surface area contributed by atoms with Gasteiger partial charge in [-0.05, 0) is 42.8 Å². The van der Waals surface area contributed by atoms with Crippen molar-refractivity contribution >= 4 is 44.8 Å². The normalized spacial score (nSPS) is 15.9. The highest BCUT2D eigenvalue weighted by Crippen LogP contribution is 2.23. The number of carbonyl (C=O) groups excluding carboxylic acids is 1. The topological polar surface area (TPSA) is 88.1 Å². The van der Waals surface area contributed by atoms with Gasteiger partial charge in [0.05, 0.1) is 33.9 Å². The summed E-state index contributed by atoms with van der Waals surface area (Å²) in [5, 5.41) is 4.86. The summed E-state index contributed by atoms with van der Waals surface area (Å²) in [6.45, 7) is 2.97. The summed E-state index contributed by atoms with van der Waals surface area (Å²) >= 11 is 11.9. The summed E-state index contributed by atoms with van der Waals surface area (Å²) in [7, 11) is -3.69. The van der Waals surface area contributed by atoms with E-state index < -0.39 is 15.9 Å². The van der Waals surface area contributed by atoms with E-state index in [1.807, 2.05) is 0 Å². The molecule has 1 N–H and O–H groups in total. The predicted octanol–water partition coefficient (Wildman–Crippen LogP) is 3.17. The van der Waals surface area contributed by atoms with E-state index in [1.165, 1.54) is 28.6 Å². The van der Waals surface area contributed by atoms with Gasteiger partial charge in [-0.3, -0.25) is 4.79 Å². The number of halogens is 2. The largest absolute Gasteiger partial charge is 0.379 e. The Morgan fingerprint density at radius 2 is 1.79 bits per heavy atom. The Labute approximate surface area is 179 Å². The average molecular weight is 456 g/mol. The third-order valence-electron chi connectivity index (χ3n) is 4.37. The lowest BCUT2D eigenvalue weighted by molar-refractivity contribution is 0.0730. The Kier molecular flexibility index (Phi) is 6.92. The maximum absolute atomic E-state index is 12.8. The fraction of sp³-hybridized carbons (Fsp3) is 0.263. The monoisotopic (exact) mass is 455 g/mol. The first kappa shape index (κ1) is 21.7. The van der Waals surface area contributed by atoms with Crippen LogP contribution in [0.2, 0.25) is 10.0 Å². The van der Waals surface area contributed by atoms with Crippen LogP contribution in [0.1, 0.15) is 22.8 Å². The third-order valence-corrected chi connectivity index (χ3v) is 7.00. The number of sulfonamides is 1. The van der Waals surface area contributed by atoms with E-state index in [4.69, 9.17) is 27.9 Å². The first-order valence-electron chi connectivity index (χ1n) is 8.77. The third kappa shape index (κ3) is 5.15. The van der Waals surface area contributed by atoms with Gasteiger partial charge in [0.1, 0.15) is 0 Å². The van der Waals surface area contributed by atoms with Crippen LogP contribution in [-0.4, -0.2) is 50.6 Å². The second-order valence-electron chi connectivity index (χ2n) is 6.31. The van der Waals surface area contributed by atoms with Crippen molar-refractivity contribution in [3.63, 3.8) is 0 Å². The molecule has 0 spiro atoms. The van der Waals surface area contributed by atoms with Crippen LogP contribution < -0.4 is 5.43 Å². The first-order chi connectivity index (χ1) is 13.8. The molecule has 1 aliphatic heterocycles. The molecule has 0 aromatic heterocycles. The number of carbonyl (C=O) groups is 1. The number of benzene rings is 2. The number of amides is 1. The molecule has 1 amide bonds. The van der Waals surface area contributed by atoms with Crippen LogP contribution in [0.3, 0.4) is 0 Å². The highest BCUT2D eigenvalue weighted by Gasteiger charge is 2.26. The minimum absolute atomic E-state index is 0.0530. The van der Waals surface area contributed by atoms with Gasteiger partial charge in [-0.1, -0.05) is 35.3 Å². The summed E-state index contributed by atoms with van der Waals surface area (Å²) in [6, 6.07) is 10.9. The van der Waals surface area contributed by atoms with Gasteiger partial charge < -0.3 is 4.74 Å². The predicted molar refractivity (Wildman–Crippen MR) is 112 cm³/mol. The summed E-state index contributed by atoms with van der Waals surface area (Å²) in [5.74, 6) is -0.525. The molecule has 0 atom stereocenters. The molecule has 0 radical (unpaired) electrons. The Hall–Kier alpha value is -1.97. The van der Waals surface area contributed by atoms with Crippen molar-refractivity contribution in [1.82, 2.24) is 9.73 Å². The molecule has 2 aromatic rings. The molecule has 29 heavy (non-hydrogen) atoms. The maximum Gasteiger partial charge on any atom is 0.271 e. The van der Waals surface area contributed by atoms with E-state index in [1.54, 1.807) is 25.1 Å². The van der Waals surface area contributed by atoms with Crippen LogP contribution in [0, 0.1) is 0 Å². The van der Waals surface area contributed by atoms with Crippen LogP contribution in [0.15, 0.2) is 52.5 Å². The number of nitrogens with one attached hydrogen (secondary N) is 1. The molecule has 0 unspecified atom stereocenters. The molecule has 0 aliphatic carbocycles. The summed E-state index contributed by atoms with van der Waals surface area (Å²) in [5.41, 5.74) is 3.84. The molecular weight excluding hydrogens is 437 g/mol. The standard InChI is InChI=1S/C19H19Cl2N3O4S/c1-13(14-5-6-17(20)18(21)12-14)22-23-19(25)15-3-2-4-16(11-15)29(26,27)24-7-9-28-10-8-24/h2-6,11-12H,7-10H2,1H3,(H,23,25). The second kappa shape index (κ2) is 9.23. The molecule has 10 heteroatoms. The minimum atomic E-state index is -3.69. The van der Waals surface area contributed by atoms with Crippen molar-refractivity contribution in [2.75, 3.05) is 26.3 Å². The number of hydrazone groups is 1.